The second kappa shape index (κ2) is 8.62. The fraction of sp³-hybridized carbons (Fsp3) is 0.562. The van der Waals surface area contributed by atoms with E-state index in [0.29, 0.717) is 18.0 Å². The summed E-state index contributed by atoms with van der Waals surface area (Å²) >= 11 is 0. The van der Waals surface area contributed by atoms with Crippen LogP contribution in [-0.4, -0.2) is 25.1 Å². The van der Waals surface area contributed by atoms with Crippen LogP contribution in [0.3, 0.4) is 0 Å². The van der Waals surface area contributed by atoms with Crippen molar-refractivity contribution in [2.75, 3.05) is 13.2 Å². The van der Waals surface area contributed by atoms with Crippen molar-refractivity contribution >= 4 is 5.91 Å². The van der Waals surface area contributed by atoms with Gasteiger partial charge in [-0.3, -0.25) is 4.79 Å². The Kier molecular flexibility index (Phi) is 7.15. The van der Waals surface area contributed by atoms with Crippen molar-refractivity contribution < 1.29 is 13.9 Å². The van der Waals surface area contributed by atoms with Crippen LogP contribution in [-0.2, 0) is 11.3 Å². The largest absolute Gasteiger partial charge is 0.480 e. The molecule has 0 saturated carbocycles. The average molecular weight is 296 g/mol. The number of hydrogen-bond acceptors (Lipinski definition) is 3. The van der Waals surface area contributed by atoms with E-state index in [2.05, 4.69) is 10.6 Å². The third kappa shape index (κ3) is 5.71. The van der Waals surface area contributed by atoms with Crippen LogP contribution in [0.25, 0.3) is 0 Å². The van der Waals surface area contributed by atoms with E-state index in [0.717, 1.165) is 6.54 Å². The topological polar surface area (TPSA) is 50.4 Å². The van der Waals surface area contributed by atoms with Gasteiger partial charge >= 0.3 is 0 Å². The molecule has 0 heterocycles. The number of carbonyl (C=O) groups excluding carboxylic acids is 1. The predicted molar refractivity (Wildman–Crippen MR) is 81.7 cm³/mol. The molecule has 0 saturated heterocycles. The molecule has 1 atom stereocenters. The minimum Gasteiger partial charge on any atom is -0.480 e. The number of benzene rings is 1. The van der Waals surface area contributed by atoms with E-state index in [1.807, 2.05) is 27.7 Å². The van der Waals surface area contributed by atoms with Crippen molar-refractivity contribution in [3.63, 3.8) is 0 Å². The van der Waals surface area contributed by atoms with E-state index < -0.39 is 5.82 Å². The maximum Gasteiger partial charge on any atom is 0.258 e. The Balaban J connectivity index is 2.63. The van der Waals surface area contributed by atoms with Gasteiger partial charge in [0.25, 0.3) is 5.91 Å². The number of nitrogens with one attached hydrogen (secondary N) is 2. The summed E-state index contributed by atoms with van der Waals surface area (Å²) in [5.74, 6) is -0.207. The van der Waals surface area contributed by atoms with Crippen LogP contribution in [0.2, 0.25) is 0 Å². The summed E-state index contributed by atoms with van der Waals surface area (Å²) in [6.07, 6.45) is 0. The quantitative estimate of drug-likeness (QED) is 0.775. The zero-order valence-electron chi connectivity index (χ0n) is 13.2. The number of hydrogen-bond donors (Lipinski definition) is 2. The Bertz CT molecular complexity index is 464. The Morgan fingerprint density at radius 2 is 2.05 bits per heavy atom. The third-order valence-electron chi connectivity index (χ3n) is 3.35. The van der Waals surface area contributed by atoms with E-state index >= 15 is 0 Å². The molecule has 1 amide bonds. The number of ether oxygens (including phenoxy) is 1. The molecule has 0 spiro atoms. The van der Waals surface area contributed by atoms with Crippen LogP contribution in [0.5, 0.6) is 5.75 Å². The standard InChI is InChI=1S/C16H25FN2O2/c1-5-18-9-13-7-6-8-14(17)16(13)21-10-15(20)19-12(4)11(2)3/h6-8,11-12,18H,5,9-10H2,1-4H3,(H,19,20). The normalized spacial score (nSPS) is 12.3. The lowest BCUT2D eigenvalue weighted by Gasteiger charge is -2.18. The van der Waals surface area contributed by atoms with Crippen molar-refractivity contribution in [2.24, 2.45) is 5.92 Å². The van der Waals surface area contributed by atoms with Gasteiger partial charge in [0.2, 0.25) is 0 Å². The monoisotopic (exact) mass is 296 g/mol. The molecule has 1 unspecified atom stereocenters. The first-order chi connectivity index (χ1) is 9.95. The summed E-state index contributed by atoms with van der Waals surface area (Å²) in [7, 11) is 0. The smallest absolute Gasteiger partial charge is 0.258 e. The molecule has 5 heteroatoms. The molecule has 0 aromatic heterocycles. The second-order valence-electron chi connectivity index (χ2n) is 5.40. The van der Waals surface area contributed by atoms with Gasteiger partial charge in [-0.25, -0.2) is 4.39 Å². The van der Waals surface area contributed by atoms with Crippen molar-refractivity contribution in [3.05, 3.63) is 29.6 Å². The zero-order valence-corrected chi connectivity index (χ0v) is 13.2. The maximum atomic E-state index is 13.8. The Hall–Kier alpha value is -1.62. The highest BCUT2D eigenvalue weighted by molar-refractivity contribution is 5.77. The lowest BCUT2D eigenvalue weighted by Crippen LogP contribution is -2.39. The summed E-state index contributed by atoms with van der Waals surface area (Å²) < 4.78 is 19.2. The molecule has 0 fully saturated rings. The predicted octanol–water partition coefficient (Wildman–Crippen LogP) is 2.47. The Labute approximate surface area is 126 Å². The first kappa shape index (κ1) is 17.4. The van der Waals surface area contributed by atoms with Gasteiger partial charge in [0.15, 0.2) is 18.2 Å². The minimum absolute atomic E-state index is 0.0583. The molecule has 0 bridgehead atoms. The SMILES string of the molecule is CCNCc1cccc(F)c1OCC(=O)NC(C)C(C)C. The fourth-order valence-corrected chi connectivity index (χ4v) is 1.71. The van der Waals surface area contributed by atoms with E-state index in [1.165, 1.54) is 6.07 Å². The average Bonchev–Trinajstić information content (AvgIpc) is 2.43. The molecule has 4 nitrogen and oxygen atoms in total. The highest BCUT2D eigenvalue weighted by Crippen LogP contribution is 2.22. The van der Waals surface area contributed by atoms with Crippen molar-refractivity contribution in [1.29, 1.82) is 0 Å². The van der Waals surface area contributed by atoms with Crippen molar-refractivity contribution in [2.45, 2.75) is 40.3 Å². The molecule has 1 aromatic carbocycles. The van der Waals surface area contributed by atoms with Crippen LogP contribution in [0.15, 0.2) is 18.2 Å². The molecule has 2 N–H and O–H groups in total. The molecule has 0 aliphatic carbocycles. The van der Waals surface area contributed by atoms with E-state index in [-0.39, 0.29) is 24.3 Å². The molecule has 0 aliphatic rings. The third-order valence-corrected chi connectivity index (χ3v) is 3.35. The van der Waals surface area contributed by atoms with Gasteiger partial charge in [-0.2, -0.15) is 0 Å². The lowest BCUT2D eigenvalue weighted by molar-refractivity contribution is -0.124. The molecule has 1 aromatic rings. The number of para-hydroxylation sites is 1. The van der Waals surface area contributed by atoms with Gasteiger partial charge in [-0.1, -0.05) is 32.9 Å². The van der Waals surface area contributed by atoms with Crippen LogP contribution in [0.1, 0.15) is 33.3 Å². The number of halogens is 1. The van der Waals surface area contributed by atoms with Crippen LogP contribution in [0.4, 0.5) is 4.39 Å². The van der Waals surface area contributed by atoms with Crippen LogP contribution >= 0.6 is 0 Å². The summed E-state index contributed by atoms with van der Waals surface area (Å²) in [5.41, 5.74) is 0.710. The summed E-state index contributed by atoms with van der Waals surface area (Å²) in [6, 6.07) is 4.81. The summed E-state index contributed by atoms with van der Waals surface area (Å²) in [6.45, 7) is 9.06. The molecule has 0 radical (unpaired) electrons. The molecule has 118 valence electrons. The van der Waals surface area contributed by atoms with Gasteiger partial charge in [-0.15, -0.1) is 0 Å². The van der Waals surface area contributed by atoms with Gasteiger partial charge in [-0.05, 0) is 25.5 Å². The van der Waals surface area contributed by atoms with Crippen LogP contribution in [0, 0.1) is 11.7 Å². The zero-order chi connectivity index (χ0) is 15.8. The summed E-state index contributed by atoms with van der Waals surface area (Å²) in [4.78, 5) is 11.8. The van der Waals surface area contributed by atoms with Gasteiger partial charge in [0.1, 0.15) is 0 Å². The number of amides is 1. The number of carbonyl (C=O) groups is 1. The Morgan fingerprint density at radius 3 is 2.67 bits per heavy atom. The van der Waals surface area contributed by atoms with E-state index in [4.69, 9.17) is 4.74 Å². The molecular weight excluding hydrogens is 271 g/mol. The molecule has 0 aliphatic heterocycles. The van der Waals surface area contributed by atoms with Crippen molar-refractivity contribution in [3.8, 4) is 5.75 Å². The first-order valence-corrected chi connectivity index (χ1v) is 7.36. The van der Waals surface area contributed by atoms with Crippen molar-refractivity contribution in [1.82, 2.24) is 10.6 Å². The van der Waals surface area contributed by atoms with Gasteiger partial charge < -0.3 is 15.4 Å². The minimum atomic E-state index is -0.449. The maximum absolute atomic E-state index is 13.8. The van der Waals surface area contributed by atoms with Crippen LogP contribution < -0.4 is 15.4 Å². The highest BCUT2D eigenvalue weighted by Gasteiger charge is 2.14. The van der Waals surface area contributed by atoms with Gasteiger partial charge in [0, 0.05) is 18.2 Å². The highest BCUT2D eigenvalue weighted by atomic mass is 19.1. The Morgan fingerprint density at radius 1 is 1.33 bits per heavy atom. The number of rotatable bonds is 8. The molecule has 21 heavy (non-hydrogen) atoms. The first-order valence-electron chi connectivity index (χ1n) is 7.36. The van der Waals surface area contributed by atoms with E-state index in [9.17, 15) is 9.18 Å². The summed E-state index contributed by atoms with van der Waals surface area (Å²) in [5, 5.41) is 5.95. The fourth-order valence-electron chi connectivity index (χ4n) is 1.71. The van der Waals surface area contributed by atoms with Gasteiger partial charge in [0.05, 0.1) is 0 Å². The lowest BCUT2D eigenvalue weighted by atomic mass is 10.1. The molecule has 1 rings (SSSR count). The second-order valence-corrected chi connectivity index (χ2v) is 5.40. The molecular formula is C16H25FN2O2. The van der Waals surface area contributed by atoms with E-state index in [1.54, 1.807) is 12.1 Å².